The van der Waals surface area contributed by atoms with E-state index in [1.54, 1.807) is 31.5 Å². The number of rotatable bonds is 6. The zero-order valence-corrected chi connectivity index (χ0v) is 18.0. The highest BCUT2D eigenvalue weighted by Gasteiger charge is 2.36. The van der Waals surface area contributed by atoms with Crippen molar-refractivity contribution in [2.45, 2.75) is 19.6 Å². The summed E-state index contributed by atoms with van der Waals surface area (Å²) in [4.78, 5) is 47.8. The number of amides is 2. The molecule has 0 aliphatic carbocycles. The van der Waals surface area contributed by atoms with Crippen LogP contribution in [-0.2, 0) is 11.3 Å². The molecule has 5 rings (SSSR count). The second-order valence-corrected chi connectivity index (χ2v) is 7.69. The number of hydrogen-bond acceptors (Lipinski definition) is 8. The predicted molar refractivity (Wildman–Crippen MR) is 118 cm³/mol. The van der Waals surface area contributed by atoms with Crippen LogP contribution in [0.1, 0.15) is 55.6 Å². The minimum atomic E-state index is -0.828. The van der Waals surface area contributed by atoms with Gasteiger partial charge in [0.15, 0.2) is 6.10 Å². The third-order valence-corrected chi connectivity index (χ3v) is 5.38. The smallest absolute Gasteiger partial charge is 0.338 e. The predicted octanol–water partition coefficient (Wildman–Crippen LogP) is 3.85. The van der Waals surface area contributed by atoms with E-state index in [1.165, 1.54) is 18.2 Å². The van der Waals surface area contributed by atoms with Crippen LogP contribution in [0.25, 0.3) is 11.4 Å². The first-order valence-electron chi connectivity index (χ1n) is 10.5. The summed E-state index contributed by atoms with van der Waals surface area (Å²) >= 11 is 0. The van der Waals surface area contributed by atoms with E-state index < -0.39 is 23.9 Å². The van der Waals surface area contributed by atoms with Gasteiger partial charge in [0.2, 0.25) is 5.82 Å². The number of carbonyl (C=O) groups is 3. The van der Waals surface area contributed by atoms with Crippen LogP contribution in [0, 0.1) is 0 Å². The molecule has 0 N–H and O–H groups in total. The van der Waals surface area contributed by atoms with Gasteiger partial charge in [-0.05, 0) is 42.8 Å². The molecular formula is C25H18N4O5. The second-order valence-electron chi connectivity index (χ2n) is 7.69. The zero-order valence-electron chi connectivity index (χ0n) is 18.0. The lowest BCUT2D eigenvalue weighted by Crippen LogP contribution is -2.29. The standard InChI is InChI=1S/C25H18N4O5/c1-15(22-27-21(28-34-22)18-8-5-11-26-13-18)33-25(32)17-9-10-19-20(12-17)24(31)29(23(19)30)14-16-6-3-2-4-7-16/h2-13,15H,14H2,1H3. The van der Waals surface area contributed by atoms with Crippen LogP contribution in [0.5, 0.6) is 0 Å². The van der Waals surface area contributed by atoms with E-state index in [4.69, 9.17) is 9.26 Å². The number of hydrogen-bond donors (Lipinski definition) is 0. The Morgan fingerprint density at radius 2 is 1.82 bits per heavy atom. The molecule has 2 aromatic heterocycles. The molecular weight excluding hydrogens is 436 g/mol. The molecule has 0 spiro atoms. The van der Waals surface area contributed by atoms with Crippen LogP contribution in [0.4, 0.5) is 0 Å². The van der Waals surface area contributed by atoms with Crippen molar-refractivity contribution in [2.24, 2.45) is 0 Å². The Morgan fingerprint density at radius 1 is 1.03 bits per heavy atom. The molecule has 1 aliphatic rings. The summed E-state index contributed by atoms with van der Waals surface area (Å²) in [5.41, 5.74) is 2.05. The highest BCUT2D eigenvalue weighted by atomic mass is 16.6. The van der Waals surface area contributed by atoms with Crippen LogP contribution in [-0.4, -0.2) is 37.8 Å². The SMILES string of the molecule is CC(OC(=O)c1ccc2c(c1)C(=O)N(Cc1ccccc1)C2=O)c1nc(-c2cccnc2)no1. The van der Waals surface area contributed by atoms with Gasteiger partial charge in [0.05, 0.1) is 23.2 Å². The van der Waals surface area contributed by atoms with Gasteiger partial charge >= 0.3 is 5.97 Å². The van der Waals surface area contributed by atoms with E-state index in [2.05, 4.69) is 15.1 Å². The molecule has 34 heavy (non-hydrogen) atoms. The molecule has 0 radical (unpaired) electrons. The van der Waals surface area contributed by atoms with Crippen molar-refractivity contribution < 1.29 is 23.6 Å². The van der Waals surface area contributed by atoms with Gasteiger partial charge in [-0.2, -0.15) is 4.98 Å². The fourth-order valence-electron chi connectivity index (χ4n) is 3.62. The molecule has 0 saturated carbocycles. The lowest BCUT2D eigenvalue weighted by atomic mass is 10.1. The molecule has 2 amide bonds. The van der Waals surface area contributed by atoms with E-state index in [1.807, 2.05) is 30.3 Å². The zero-order chi connectivity index (χ0) is 23.7. The van der Waals surface area contributed by atoms with Gasteiger partial charge in [-0.1, -0.05) is 35.5 Å². The Labute approximate surface area is 194 Å². The molecule has 0 fully saturated rings. The Bertz CT molecular complexity index is 1380. The van der Waals surface area contributed by atoms with Crippen molar-refractivity contribution in [1.29, 1.82) is 0 Å². The Morgan fingerprint density at radius 3 is 2.59 bits per heavy atom. The molecule has 1 unspecified atom stereocenters. The van der Waals surface area contributed by atoms with Crippen LogP contribution in [0.2, 0.25) is 0 Å². The van der Waals surface area contributed by atoms with Crippen LogP contribution < -0.4 is 0 Å². The summed E-state index contributed by atoms with van der Waals surface area (Å²) in [5.74, 6) is -1.09. The molecule has 2 aromatic carbocycles. The molecule has 9 heteroatoms. The summed E-state index contributed by atoms with van der Waals surface area (Å²) in [6.07, 6.45) is 2.39. The Kier molecular flexibility index (Phi) is 5.43. The van der Waals surface area contributed by atoms with Gasteiger partial charge in [0, 0.05) is 18.0 Å². The minimum absolute atomic E-state index is 0.119. The second kappa shape index (κ2) is 8.70. The first-order valence-corrected chi connectivity index (χ1v) is 10.5. The number of nitrogens with zero attached hydrogens (tertiary/aromatic N) is 4. The molecule has 0 saturated heterocycles. The summed E-state index contributed by atoms with van der Waals surface area (Å²) in [6, 6.07) is 17.0. The molecule has 4 aromatic rings. The topological polar surface area (TPSA) is 115 Å². The number of pyridine rings is 1. The maximum absolute atomic E-state index is 12.9. The lowest BCUT2D eigenvalue weighted by molar-refractivity contribution is 0.0265. The maximum atomic E-state index is 12.9. The first kappa shape index (κ1) is 21.2. The largest absolute Gasteiger partial charge is 0.449 e. The lowest BCUT2D eigenvalue weighted by Gasteiger charge is -2.13. The molecule has 0 bridgehead atoms. The summed E-state index contributed by atoms with van der Waals surface area (Å²) < 4.78 is 10.7. The summed E-state index contributed by atoms with van der Waals surface area (Å²) in [6.45, 7) is 1.75. The van der Waals surface area contributed by atoms with Crippen molar-refractivity contribution in [3.63, 3.8) is 0 Å². The van der Waals surface area contributed by atoms with E-state index in [0.717, 1.165) is 10.5 Å². The van der Waals surface area contributed by atoms with E-state index in [-0.39, 0.29) is 29.1 Å². The van der Waals surface area contributed by atoms with Crippen molar-refractivity contribution >= 4 is 17.8 Å². The Hall–Kier alpha value is -4.66. The Balaban J connectivity index is 1.30. The number of ether oxygens (including phenoxy) is 1. The minimum Gasteiger partial charge on any atom is -0.449 e. The monoisotopic (exact) mass is 454 g/mol. The fraction of sp³-hybridized carbons (Fsp3) is 0.120. The van der Waals surface area contributed by atoms with E-state index in [0.29, 0.717) is 11.4 Å². The number of fused-ring (bicyclic) bond motifs is 1. The average Bonchev–Trinajstić information content (AvgIpc) is 3.45. The molecule has 168 valence electrons. The highest BCUT2D eigenvalue weighted by Crippen LogP contribution is 2.27. The molecule has 1 atom stereocenters. The number of aromatic nitrogens is 3. The number of imide groups is 1. The summed E-state index contributed by atoms with van der Waals surface area (Å²) in [5, 5.41) is 3.89. The van der Waals surface area contributed by atoms with E-state index >= 15 is 0 Å². The molecule has 3 heterocycles. The number of esters is 1. The van der Waals surface area contributed by atoms with Gasteiger partial charge < -0.3 is 9.26 Å². The summed E-state index contributed by atoms with van der Waals surface area (Å²) in [7, 11) is 0. The van der Waals surface area contributed by atoms with Crippen LogP contribution >= 0.6 is 0 Å². The number of benzene rings is 2. The maximum Gasteiger partial charge on any atom is 0.338 e. The van der Waals surface area contributed by atoms with Crippen LogP contribution in [0.15, 0.2) is 77.6 Å². The van der Waals surface area contributed by atoms with Crippen molar-refractivity contribution in [3.05, 3.63) is 101 Å². The van der Waals surface area contributed by atoms with Crippen molar-refractivity contribution in [2.75, 3.05) is 0 Å². The third kappa shape index (κ3) is 3.95. The van der Waals surface area contributed by atoms with Gasteiger partial charge in [-0.25, -0.2) is 4.79 Å². The van der Waals surface area contributed by atoms with Crippen LogP contribution in [0.3, 0.4) is 0 Å². The quantitative estimate of drug-likeness (QED) is 0.319. The van der Waals surface area contributed by atoms with Gasteiger partial charge in [0.1, 0.15) is 0 Å². The van der Waals surface area contributed by atoms with E-state index in [9.17, 15) is 14.4 Å². The van der Waals surface area contributed by atoms with Gasteiger partial charge in [0.25, 0.3) is 17.7 Å². The van der Waals surface area contributed by atoms with Crippen molar-refractivity contribution in [3.8, 4) is 11.4 Å². The molecule has 1 aliphatic heterocycles. The van der Waals surface area contributed by atoms with Gasteiger partial charge in [-0.15, -0.1) is 0 Å². The average molecular weight is 454 g/mol. The first-order chi connectivity index (χ1) is 16.5. The fourth-order valence-corrected chi connectivity index (χ4v) is 3.62. The number of carbonyl (C=O) groups excluding carboxylic acids is 3. The highest BCUT2D eigenvalue weighted by molar-refractivity contribution is 6.21. The molecule has 9 nitrogen and oxygen atoms in total. The normalized spacial score (nSPS) is 13.6. The third-order valence-electron chi connectivity index (χ3n) is 5.38. The van der Waals surface area contributed by atoms with Gasteiger partial charge in [-0.3, -0.25) is 19.5 Å². The van der Waals surface area contributed by atoms with Crippen molar-refractivity contribution in [1.82, 2.24) is 20.0 Å².